The molecule has 448 valence electrons. The number of aliphatic hydroxyl groups is 1. The molecule has 4 fully saturated rings. The highest BCUT2D eigenvalue weighted by Gasteiger charge is 2.63. The van der Waals surface area contributed by atoms with E-state index in [4.69, 9.17) is 23.1 Å². The summed E-state index contributed by atoms with van der Waals surface area (Å²) in [6.07, 6.45) is 14.1. The van der Waals surface area contributed by atoms with Crippen LogP contribution in [0.4, 0.5) is 9.59 Å². The van der Waals surface area contributed by atoms with E-state index < -0.39 is 126 Å². The Morgan fingerprint density at radius 3 is 1.44 bits per heavy atom. The number of hydrogen-bond donors (Lipinski definition) is 5. The molecule has 2 aliphatic carbocycles. The summed E-state index contributed by atoms with van der Waals surface area (Å²) in [5.74, 6) is -3.59. The van der Waals surface area contributed by atoms with E-state index in [-0.39, 0.29) is 51.0 Å². The highest BCUT2D eigenvalue weighted by molar-refractivity contribution is 8.13. The molecule has 4 aliphatic heterocycles. The third kappa shape index (κ3) is 21.1. The quantitative estimate of drug-likeness (QED) is 0.0759. The van der Waals surface area contributed by atoms with Gasteiger partial charge in [0.15, 0.2) is 0 Å². The average Bonchev–Trinajstić information content (AvgIpc) is 4.20. The summed E-state index contributed by atoms with van der Waals surface area (Å²) >= 11 is 0. The number of allylic oxidation sites excluding steroid dienone is 2. The van der Waals surface area contributed by atoms with Crippen LogP contribution in [-0.4, -0.2) is 177 Å². The lowest BCUT2D eigenvalue weighted by molar-refractivity contribution is -0.150. The van der Waals surface area contributed by atoms with Crippen LogP contribution in [0.3, 0.4) is 0 Å². The molecule has 0 spiro atoms. The Bertz CT molecular complexity index is 2490. The number of amides is 6. The molecule has 2 saturated heterocycles. The van der Waals surface area contributed by atoms with E-state index in [9.17, 15) is 60.3 Å². The normalized spacial score (nSPS) is 30.6. The van der Waals surface area contributed by atoms with Crippen molar-refractivity contribution in [1.29, 1.82) is 0 Å². The van der Waals surface area contributed by atoms with Crippen molar-refractivity contribution in [2.45, 2.75) is 204 Å². The van der Waals surface area contributed by atoms with Gasteiger partial charge in [0.1, 0.15) is 46.4 Å². The van der Waals surface area contributed by atoms with Crippen molar-refractivity contribution in [2.24, 2.45) is 11.8 Å². The molecule has 24 nitrogen and oxygen atoms in total. The molecule has 6 rings (SSSR count). The average molecular weight is 1180 g/mol. The Kier molecular flexibility index (Phi) is 23.6. The number of rotatable bonds is 8. The predicted octanol–water partition coefficient (Wildman–Crippen LogP) is 3.77. The molecule has 0 aromatic rings. The number of nitrogens with one attached hydrogen (secondary N) is 4. The zero-order valence-corrected chi connectivity index (χ0v) is 49.5. The van der Waals surface area contributed by atoms with Crippen LogP contribution in [0.2, 0.25) is 0 Å². The monoisotopic (exact) mass is 1180 g/mol. The first-order chi connectivity index (χ1) is 36.6. The molecule has 5 N–H and O–H groups in total. The van der Waals surface area contributed by atoms with Crippen molar-refractivity contribution >= 4 is 77.6 Å². The summed E-state index contributed by atoms with van der Waals surface area (Å²) in [5, 5.41) is 21.3. The van der Waals surface area contributed by atoms with Gasteiger partial charge in [-0.3, -0.25) is 23.4 Å². The number of halogens is 1. The number of carbonyl (C=O) groups is 8. The highest BCUT2D eigenvalue weighted by atomic mass is 35.7. The summed E-state index contributed by atoms with van der Waals surface area (Å²) in [4.78, 5) is 107. The SMILES string of the molecule is CCOC(=O)[C@@]12C[C@H]1/C=C\CCCCC[C@H](NC(=O)OC(C)(C)C)C(=O)N1C[C@@H](O)C[C@H]1C(=O)N2.CCOC(=O)[C@@]12C[C@H]1/C=C\CCCCC[C@H](NC(=O)OC(C)(C)C)C(=O)N1C[C@@H](OS(C)(=O)=O)C[C@H]1C(=O)N2.CS(=O)(=O)Cl. The molecule has 0 aromatic heterocycles. The van der Waals surface area contributed by atoms with Gasteiger partial charge in [-0.1, -0.05) is 50.0 Å². The van der Waals surface area contributed by atoms with Crippen LogP contribution in [0.15, 0.2) is 24.3 Å². The summed E-state index contributed by atoms with van der Waals surface area (Å²) in [7, 11) is -2.57. The molecule has 0 aromatic carbocycles. The second-order valence-electron chi connectivity index (χ2n) is 22.8. The maximum absolute atomic E-state index is 13.8. The van der Waals surface area contributed by atoms with E-state index >= 15 is 0 Å². The molecule has 27 heteroatoms. The Morgan fingerprint density at radius 2 is 1.06 bits per heavy atom. The molecular formula is C52H83ClN6O18S2. The van der Waals surface area contributed by atoms with E-state index in [1.807, 2.05) is 24.3 Å². The fourth-order valence-corrected chi connectivity index (χ4v) is 10.5. The van der Waals surface area contributed by atoms with Gasteiger partial charge in [-0.05, 0) is 107 Å². The number of hydrogen-bond acceptors (Lipinski definition) is 18. The molecular weight excluding hydrogens is 1100 g/mol. The largest absolute Gasteiger partial charge is 0.464 e. The van der Waals surface area contributed by atoms with Gasteiger partial charge in [0.05, 0.1) is 37.9 Å². The van der Waals surface area contributed by atoms with Gasteiger partial charge in [-0.2, -0.15) is 8.42 Å². The first-order valence-electron chi connectivity index (χ1n) is 27.0. The molecule has 79 heavy (non-hydrogen) atoms. The van der Waals surface area contributed by atoms with E-state index in [1.165, 1.54) is 9.80 Å². The highest BCUT2D eigenvalue weighted by Crippen LogP contribution is 2.47. The topological polar surface area (TPSA) is 326 Å². The number of fused-ring (bicyclic) bond motifs is 4. The number of carbonyl (C=O) groups excluding carboxylic acids is 8. The molecule has 0 unspecified atom stereocenters. The number of esters is 2. The van der Waals surface area contributed by atoms with Crippen molar-refractivity contribution in [1.82, 2.24) is 31.1 Å². The maximum atomic E-state index is 13.8. The van der Waals surface area contributed by atoms with Crippen LogP contribution >= 0.6 is 10.7 Å². The third-order valence-electron chi connectivity index (χ3n) is 13.5. The number of nitrogens with zero attached hydrogens (tertiary/aromatic N) is 2. The van der Waals surface area contributed by atoms with Crippen LogP contribution in [0.25, 0.3) is 0 Å². The molecule has 6 aliphatic rings. The summed E-state index contributed by atoms with van der Waals surface area (Å²) < 4.78 is 68.8. The minimum atomic E-state index is -3.87. The number of aliphatic hydroxyl groups excluding tert-OH is 1. The second-order valence-corrected chi connectivity index (χ2v) is 27.4. The Morgan fingerprint density at radius 1 is 0.671 bits per heavy atom. The molecule has 4 heterocycles. The standard InChI is InChI=1S/C26H41N3O9S.C25H39N3O7.CH3ClO2S/c1-6-36-23(32)26-15-17(26)12-10-8-7-9-11-13-19(27-24(33)37-25(2,3)4)22(31)29-16-18(38-39(5,34)35)14-20(29)21(30)28-26;1-5-34-22(32)25-14-16(25)11-9-7-6-8-10-12-18(26-23(33)35-24(2,3)4)21(31)28-15-17(29)13-19(28)20(30)27-25;1-5(2,3)4/h10,12,17-20H,6-9,11,13-16H2,1-5H3,(H,27,33)(H,28,30);9,11,16-19,29H,5-8,10,12-15H2,1-4H3,(H,26,33)(H,27,30);1H3/b12-10-;11-9-;/t17-,18+,19+,20+,26-;16-,17+,18+,19+,25-;/m11./s1. The van der Waals surface area contributed by atoms with E-state index in [1.54, 1.807) is 55.4 Å². The molecule has 2 saturated carbocycles. The van der Waals surface area contributed by atoms with Gasteiger partial charge in [0.2, 0.25) is 32.7 Å². The second kappa shape index (κ2) is 28.1. The molecule has 0 bridgehead atoms. The fourth-order valence-electron chi connectivity index (χ4n) is 9.85. The van der Waals surface area contributed by atoms with Crippen molar-refractivity contribution in [3.8, 4) is 0 Å². The molecule has 0 radical (unpaired) electrons. The lowest BCUT2D eigenvalue weighted by Crippen LogP contribution is -2.56. The molecule has 6 amide bonds. The summed E-state index contributed by atoms with van der Waals surface area (Å²) in [6.45, 7) is 13.8. The van der Waals surface area contributed by atoms with Gasteiger partial charge in [-0.15, -0.1) is 0 Å². The Hall–Kier alpha value is -5.05. The zero-order chi connectivity index (χ0) is 59.3. The van der Waals surface area contributed by atoms with Crippen LogP contribution < -0.4 is 21.3 Å². The minimum absolute atomic E-state index is 0.0286. The lowest BCUT2D eigenvalue weighted by Gasteiger charge is -2.30. The van der Waals surface area contributed by atoms with Crippen molar-refractivity contribution in [3.05, 3.63) is 24.3 Å². The van der Waals surface area contributed by atoms with Crippen LogP contribution in [0, 0.1) is 11.8 Å². The van der Waals surface area contributed by atoms with Gasteiger partial charge < -0.3 is 55.1 Å². The Labute approximate surface area is 469 Å². The van der Waals surface area contributed by atoms with Crippen LogP contribution in [0.1, 0.15) is 145 Å². The third-order valence-corrected chi connectivity index (χ3v) is 14.1. The first-order valence-corrected chi connectivity index (χ1v) is 31.5. The van der Waals surface area contributed by atoms with Crippen LogP contribution in [-0.2, 0) is 71.1 Å². The summed E-state index contributed by atoms with van der Waals surface area (Å²) in [5.41, 5.74) is -3.91. The van der Waals surface area contributed by atoms with Gasteiger partial charge in [0, 0.05) is 48.4 Å². The minimum Gasteiger partial charge on any atom is -0.464 e. The predicted molar refractivity (Wildman–Crippen MR) is 289 cm³/mol. The van der Waals surface area contributed by atoms with E-state index in [0.29, 0.717) is 38.5 Å². The smallest absolute Gasteiger partial charge is 0.408 e. The van der Waals surface area contributed by atoms with E-state index in [0.717, 1.165) is 51.0 Å². The number of alkyl carbamates (subject to hydrolysis) is 2. The summed E-state index contributed by atoms with van der Waals surface area (Å²) in [6, 6.07) is -3.96. The van der Waals surface area contributed by atoms with Gasteiger partial charge >= 0.3 is 24.1 Å². The first kappa shape index (κ1) is 66.5. The van der Waals surface area contributed by atoms with Crippen molar-refractivity contribution in [2.75, 3.05) is 38.8 Å². The van der Waals surface area contributed by atoms with Crippen molar-refractivity contribution < 1.29 is 83.4 Å². The number of ether oxygens (including phenoxy) is 4. The maximum Gasteiger partial charge on any atom is 0.408 e. The Balaban J connectivity index is 0.000000315. The van der Waals surface area contributed by atoms with Crippen LogP contribution in [0.5, 0.6) is 0 Å². The lowest BCUT2D eigenvalue weighted by atomic mass is 10.0. The van der Waals surface area contributed by atoms with Gasteiger partial charge in [0.25, 0.3) is 10.1 Å². The zero-order valence-electron chi connectivity index (χ0n) is 47.1. The molecule has 10 atom stereocenters. The van der Waals surface area contributed by atoms with Crippen molar-refractivity contribution in [3.63, 3.8) is 0 Å². The van der Waals surface area contributed by atoms with Gasteiger partial charge in [-0.25, -0.2) is 27.6 Å². The van der Waals surface area contributed by atoms with E-state index in [2.05, 4.69) is 31.9 Å². The fraction of sp³-hybridized carbons (Fsp3) is 0.769.